The Labute approximate surface area is 128 Å². The van der Waals surface area contributed by atoms with Crippen molar-refractivity contribution < 1.29 is 24.6 Å². The number of carboxylic acid groups (broad SMARTS) is 2. The lowest BCUT2D eigenvalue weighted by Gasteiger charge is -2.31. The van der Waals surface area contributed by atoms with Gasteiger partial charge >= 0.3 is 0 Å². The lowest BCUT2D eigenvalue weighted by atomic mass is 9.78. The fourth-order valence-electron chi connectivity index (χ4n) is 2.81. The highest BCUT2D eigenvalue weighted by atomic mass is 16.4. The van der Waals surface area contributed by atoms with Crippen LogP contribution >= 0.6 is 0 Å². The molecule has 0 saturated heterocycles. The number of carboxylic acids is 2. The monoisotopic (exact) mass is 303 g/mol. The molecule has 1 fully saturated rings. The minimum atomic E-state index is -1.26. The van der Waals surface area contributed by atoms with Crippen LogP contribution in [0.25, 0.3) is 0 Å². The molecule has 0 spiro atoms. The zero-order valence-corrected chi connectivity index (χ0v) is 12.0. The Kier molecular flexibility index (Phi) is 5.14. The van der Waals surface area contributed by atoms with Crippen molar-refractivity contribution >= 4 is 17.8 Å². The van der Waals surface area contributed by atoms with Crippen molar-refractivity contribution in [3.8, 4) is 0 Å². The van der Waals surface area contributed by atoms with E-state index in [1.54, 1.807) is 12.1 Å². The molecule has 118 valence electrons. The van der Waals surface area contributed by atoms with Crippen LogP contribution in [0.5, 0.6) is 0 Å². The number of aliphatic carboxylic acids is 1. The number of benzene rings is 1. The molecule has 22 heavy (non-hydrogen) atoms. The minimum absolute atomic E-state index is 0.0689. The first-order valence-electron chi connectivity index (χ1n) is 7.28. The third-order valence-corrected chi connectivity index (χ3v) is 4.06. The number of rotatable bonds is 5. The van der Waals surface area contributed by atoms with Crippen LogP contribution in [-0.2, 0) is 16.1 Å². The molecule has 1 N–H and O–H groups in total. The highest BCUT2D eigenvalue weighted by molar-refractivity contribution is 5.86. The first-order valence-corrected chi connectivity index (χ1v) is 7.28. The molecule has 0 unspecified atom stereocenters. The smallest absolute Gasteiger partial charge is 0.224 e. The van der Waals surface area contributed by atoms with Crippen molar-refractivity contribution in [1.82, 2.24) is 5.32 Å². The molecule has 0 radical (unpaired) electrons. The molecule has 0 aromatic heterocycles. The van der Waals surface area contributed by atoms with Crippen molar-refractivity contribution in [3.63, 3.8) is 0 Å². The first kappa shape index (κ1) is 16.0. The van der Waals surface area contributed by atoms with E-state index in [9.17, 15) is 24.6 Å². The van der Waals surface area contributed by atoms with E-state index in [1.165, 1.54) is 12.1 Å². The summed E-state index contributed by atoms with van der Waals surface area (Å²) in [6.45, 7) is 0.225. The van der Waals surface area contributed by atoms with Gasteiger partial charge < -0.3 is 25.1 Å². The van der Waals surface area contributed by atoms with Crippen LogP contribution in [0.1, 0.15) is 41.6 Å². The molecule has 1 aromatic carbocycles. The predicted octanol–water partition coefficient (Wildman–Crippen LogP) is -0.777. The van der Waals surface area contributed by atoms with E-state index in [-0.39, 0.29) is 18.0 Å². The lowest BCUT2D eigenvalue weighted by Crippen LogP contribution is -2.44. The third-order valence-electron chi connectivity index (χ3n) is 4.06. The molecule has 1 aromatic rings. The molecule has 0 heterocycles. The first-order chi connectivity index (χ1) is 10.5. The fourth-order valence-corrected chi connectivity index (χ4v) is 2.81. The molecule has 6 nitrogen and oxygen atoms in total. The maximum Gasteiger partial charge on any atom is 0.224 e. The number of hydrogen-bond donors (Lipinski definition) is 1. The molecule has 2 atom stereocenters. The van der Waals surface area contributed by atoms with Gasteiger partial charge in [-0.2, -0.15) is 0 Å². The molecule has 1 saturated carbocycles. The second kappa shape index (κ2) is 7.06. The van der Waals surface area contributed by atoms with Gasteiger partial charge in [-0.3, -0.25) is 4.79 Å². The van der Waals surface area contributed by atoms with Gasteiger partial charge in [-0.05, 0) is 24.0 Å². The summed E-state index contributed by atoms with van der Waals surface area (Å²) in [7, 11) is 0. The largest absolute Gasteiger partial charge is 0.550 e. The molecule has 1 aliphatic rings. The number of aromatic carboxylic acids is 1. The topological polar surface area (TPSA) is 109 Å². The Morgan fingerprint density at radius 3 is 2.14 bits per heavy atom. The van der Waals surface area contributed by atoms with Crippen LogP contribution in [0.2, 0.25) is 0 Å². The Bertz CT molecular complexity index is 566. The zero-order chi connectivity index (χ0) is 16.1. The van der Waals surface area contributed by atoms with Crippen LogP contribution in [-0.4, -0.2) is 17.8 Å². The van der Waals surface area contributed by atoms with E-state index in [1.807, 2.05) is 0 Å². The van der Waals surface area contributed by atoms with Crippen LogP contribution in [0.15, 0.2) is 24.3 Å². The Balaban J connectivity index is 1.93. The minimum Gasteiger partial charge on any atom is -0.550 e. The van der Waals surface area contributed by atoms with E-state index in [4.69, 9.17) is 0 Å². The summed E-state index contributed by atoms with van der Waals surface area (Å²) >= 11 is 0. The van der Waals surface area contributed by atoms with Gasteiger partial charge in [0.05, 0.1) is 5.97 Å². The lowest BCUT2D eigenvalue weighted by molar-refractivity contribution is -0.314. The summed E-state index contributed by atoms with van der Waals surface area (Å²) < 4.78 is 0. The molecular weight excluding hydrogens is 286 g/mol. The maximum atomic E-state index is 12.2. The standard InChI is InChI=1S/C16H19NO5/c18-14(12-3-1-2-4-13(12)16(21)22)17-9-10-5-7-11(8-6-10)15(19)20/h5-8,12-13H,1-4,9H2,(H,17,18)(H,19,20)(H,21,22)/p-2/t12-,13+/m1/s1. The van der Waals surface area contributed by atoms with Gasteiger partial charge in [0, 0.05) is 24.3 Å². The van der Waals surface area contributed by atoms with Gasteiger partial charge in [-0.1, -0.05) is 37.1 Å². The Hall–Kier alpha value is -2.37. The van der Waals surface area contributed by atoms with Gasteiger partial charge in [0.1, 0.15) is 0 Å². The molecule has 0 aliphatic heterocycles. The van der Waals surface area contributed by atoms with Crippen molar-refractivity contribution in [2.45, 2.75) is 32.2 Å². The van der Waals surface area contributed by atoms with Gasteiger partial charge in [0.15, 0.2) is 0 Å². The summed E-state index contributed by atoms with van der Waals surface area (Å²) in [4.78, 5) is 33.9. The average Bonchev–Trinajstić information content (AvgIpc) is 2.53. The number of nitrogens with one attached hydrogen (secondary N) is 1. The van der Waals surface area contributed by atoms with E-state index in [2.05, 4.69) is 5.32 Å². The summed E-state index contributed by atoms with van der Waals surface area (Å²) in [5, 5.41) is 24.4. The van der Waals surface area contributed by atoms with Crippen LogP contribution in [0.3, 0.4) is 0 Å². The molecule has 0 bridgehead atoms. The van der Waals surface area contributed by atoms with Crippen molar-refractivity contribution in [2.24, 2.45) is 11.8 Å². The summed E-state index contributed by atoms with van der Waals surface area (Å²) in [5.41, 5.74) is 0.804. The van der Waals surface area contributed by atoms with Crippen molar-refractivity contribution in [1.29, 1.82) is 0 Å². The Morgan fingerprint density at radius 1 is 1.00 bits per heavy atom. The predicted molar refractivity (Wildman–Crippen MR) is 73.1 cm³/mol. The molecule has 1 aliphatic carbocycles. The van der Waals surface area contributed by atoms with Gasteiger partial charge in [-0.25, -0.2) is 0 Å². The van der Waals surface area contributed by atoms with Crippen molar-refractivity contribution in [2.75, 3.05) is 0 Å². The van der Waals surface area contributed by atoms with E-state index >= 15 is 0 Å². The number of amides is 1. The molecule has 1 amide bonds. The number of carbonyl (C=O) groups is 3. The van der Waals surface area contributed by atoms with Crippen molar-refractivity contribution in [3.05, 3.63) is 35.4 Å². The zero-order valence-electron chi connectivity index (χ0n) is 12.0. The maximum absolute atomic E-state index is 12.2. The van der Waals surface area contributed by atoms with Gasteiger partial charge in [0.2, 0.25) is 5.91 Å². The van der Waals surface area contributed by atoms with Crippen LogP contribution in [0.4, 0.5) is 0 Å². The molecule has 2 rings (SSSR count). The fraction of sp³-hybridized carbons (Fsp3) is 0.438. The third kappa shape index (κ3) is 3.84. The highest BCUT2D eigenvalue weighted by Crippen LogP contribution is 2.29. The highest BCUT2D eigenvalue weighted by Gasteiger charge is 2.31. The SMILES string of the molecule is O=C([O-])c1ccc(CNC(=O)[C@@H]2CCCC[C@@H]2C(=O)[O-])cc1. The number of carbonyl (C=O) groups excluding carboxylic acids is 3. The van der Waals surface area contributed by atoms with E-state index < -0.39 is 23.8 Å². The van der Waals surface area contributed by atoms with E-state index in [0.29, 0.717) is 12.8 Å². The second-order valence-electron chi connectivity index (χ2n) is 5.52. The van der Waals surface area contributed by atoms with Crippen LogP contribution < -0.4 is 15.5 Å². The quantitative estimate of drug-likeness (QED) is 0.767. The average molecular weight is 303 g/mol. The van der Waals surface area contributed by atoms with E-state index in [0.717, 1.165) is 18.4 Å². The summed E-state index contributed by atoms with van der Waals surface area (Å²) in [6.07, 6.45) is 2.66. The number of hydrogen-bond acceptors (Lipinski definition) is 5. The summed E-state index contributed by atoms with van der Waals surface area (Å²) in [6, 6.07) is 5.98. The van der Waals surface area contributed by atoms with Gasteiger partial charge in [0.25, 0.3) is 0 Å². The Morgan fingerprint density at radius 2 is 1.59 bits per heavy atom. The molecular formula is C16H17NO5-2. The summed E-state index contributed by atoms with van der Waals surface area (Å²) in [5.74, 6) is -4.00. The second-order valence-corrected chi connectivity index (χ2v) is 5.52. The normalized spacial score (nSPS) is 21.1. The molecule has 6 heteroatoms. The van der Waals surface area contributed by atoms with Crippen LogP contribution in [0, 0.1) is 11.8 Å². The van der Waals surface area contributed by atoms with Gasteiger partial charge in [-0.15, -0.1) is 0 Å².